The third-order valence-corrected chi connectivity index (χ3v) is 2.58. The predicted octanol–water partition coefficient (Wildman–Crippen LogP) is 1.69. The summed E-state index contributed by atoms with van der Waals surface area (Å²) in [5.41, 5.74) is 3.27. The minimum atomic E-state index is 0. The molecule has 2 aliphatic carbocycles. The maximum absolute atomic E-state index is 7.00. The van der Waals surface area contributed by atoms with E-state index >= 15 is 0 Å². The van der Waals surface area contributed by atoms with Crippen LogP contribution in [0.2, 0.25) is 0 Å². The van der Waals surface area contributed by atoms with Crippen molar-refractivity contribution in [3.8, 4) is 0 Å². The van der Waals surface area contributed by atoms with E-state index in [2.05, 4.69) is 19.1 Å². The molecule has 2 rings (SSSR count). The molecule has 0 aliphatic heterocycles. The number of hydrogen-bond donors (Lipinski definition) is 3. The summed E-state index contributed by atoms with van der Waals surface area (Å²) in [5, 5.41) is 21.0. The van der Waals surface area contributed by atoms with E-state index in [0.29, 0.717) is 5.92 Å². The molecule has 0 aromatic carbocycles. The van der Waals surface area contributed by atoms with Crippen LogP contribution >= 0.6 is 0 Å². The number of aliphatic hydroxyl groups is 3. The molecular formula is C13H25O3Ti-. The topological polar surface area (TPSA) is 60.7 Å². The van der Waals surface area contributed by atoms with Gasteiger partial charge >= 0.3 is 0 Å². The first kappa shape index (κ1) is 22.3. The molecule has 0 bridgehead atoms. The first-order valence-electron chi connectivity index (χ1n) is 5.53. The number of rotatable bonds is 0. The van der Waals surface area contributed by atoms with Crippen molar-refractivity contribution in [2.45, 2.75) is 32.6 Å². The van der Waals surface area contributed by atoms with E-state index in [-0.39, 0.29) is 21.7 Å². The third kappa shape index (κ3) is 7.90. The summed E-state index contributed by atoms with van der Waals surface area (Å²) in [5.74, 6) is 0.635. The summed E-state index contributed by atoms with van der Waals surface area (Å²) < 4.78 is 0. The molecule has 0 heterocycles. The summed E-state index contributed by atoms with van der Waals surface area (Å²) in [6.45, 7) is 2.25. The van der Waals surface area contributed by atoms with Gasteiger partial charge in [0.1, 0.15) is 0 Å². The Morgan fingerprint density at radius 2 is 1.47 bits per heavy atom. The Balaban J connectivity index is -0.000000248. The van der Waals surface area contributed by atoms with Crippen LogP contribution in [0.25, 0.3) is 0 Å². The molecule has 0 amide bonds. The number of allylic oxidation sites excluding steroid dienone is 4. The summed E-state index contributed by atoms with van der Waals surface area (Å²) >= 11 is 0. The van der Waals surface area contributed by atoms with Crippen molar-refractivity contribution >= 4 is 0 Å². The van der Waals surface area contributed by atoms with E-state index in [1.54, 1.807) is 11.1 Å². The van der Waals surface area contributed by atoms with E-state index in [1.165, 1.54) is 25.7 Å². The van der Waals surface area contributed by atoms with Crippen LogP contribution < -0.4 is 0 Å². The molecule has 1 unspecified atom stereocenters. The molecule has 100 valence electrons. The zero-order valence-electron chi connectivity index (χ0n) is 11.3. The van der Waals surface area contributed by atoms with Crippen LogP contribution in [0.4, 0.5) is 0 Å². The maximum Gasteiger partial charge on any atom is 0.0319 e. The van der Waals surface area contributed by atoms with Gasteiger partial charge in [0, 0.05) is 43.0 Å². The van der Waals surface area contributed by atoms with E-state index in [1.807, 2.05) is 0 Å². The van der Waals surface area contributed by atoms with Gasteiger partial charge in [-0.1, -0.05) is 32.1 Å². The van der Waals surface area contributed by atoms with Gasteiger partial charge in [-0.05, 0) is 6.42 Å². The number of aliphatic hydroxyl groups excluding tert-OH is 3. The molecule has 0 radical (unpaired) electrons. The second-order valence-corrected chi connectivity index (χ2v) is 3.29. The van der Waals surface area contributed by atoms with Crippen LogP contribution in [0.3, 0.4) is 0 Å². The van der Waals surface area contributed by atoms with E-state index in [0.717, 1.165) is 21.3 Å². The van der Waals surface area contributed by atoms with E-state index in [4.69, 9.17) is 15.3 Å². The van der Waals surface area contributed by atoms with Crippen LogP contribution in [-0.2, 0) is 21.7 Å². The normalized spacial score (nSPS) is 19.4. The Kier molecular flexibility index (Phi) is 21.1. The molecule has 0 spiro atoms. The molecule has 1 atom stereocenters. The van der Waals surface area contributed by atoms with E-state index in [9.17, 15) is 0 Å². The minimum absolute atomic E-state index is 0. The SMILES string of the molecule is CC1[C-]=CC2=C1CCCC2.CO.CO.CO.[Ti]. The van der Waals surface area contributed by atoms with Crippen molar-refractivity contribution in [1.82, 2.24) is 0 Å². The molecule has 3 N–H and O–H groups in total. The van der Waals surface area contributed by atoms with Crippen LogP contribution in [0.15, 0.2) is 17.2 Å². The summed E-state index contributed by atoms with van der Waals surface area (Å²) in [6.07, 6.45) is 11.0. The fourth-order valence-corrected chi connectivity index (χ4v) is 1.94. The van der Waals surface area contributed by atoms with Gasteiger partial charge in [-0.15, -0.1) is 0 Å². The molecular weight excluding hydrogens is 252 g/mol. The standard InChI is InChI=1S/C10H13.3CH4O.Ti/c1-8-6-7-9-4-2-3-5-10(8)9;3*1-2;/h7-8H,2-5H2,1H3;3*2H,1H3;/q-1;;;;. The summed E-state index contributed by atoms with van der Waals surface area (Å²) in [7, 11) is 3.00. The molecule has 3 nitrogen and oxygen atoms in total. The van der Waals surface area contributed by atoms with Gasteiger partial charge in [-0.2, -0.15) is 11.1 Å². The smallest absolute Gasteiger partial charge is 0.0319 e. The number of hydrogen-bond acceptors (Lipinski definition) is 3. The van der Waals surface area contributed by atoms with Crippen molar-refractivity contribution in [2.24, 2.45) is 5.92 Å². The Morgan fingerprint density at radius 1 is 1.00 bits per heavy atom. The van der Waals surface area contributed by atoms with Crippen LogP contribution in [0, 0.1) is 12.0 Å². The summed E-state index contributed by atoms with van der Waals surface area (Å²) in [6, 6.07) is 0. The van der Waals surface area contributed by atoms with Crippen molar-refractivity contribution in [1.29, 1.82) is 0 Å². The van der Waals surface area contributed by atoms with Crippen molar-refractivity contribution in [2.75, 3.05) is 21.3 Å². The fraction of sp³-hybridized carbons (Fsp3) is 0.692. The quantitative estimate of drug-likeness (QED) is 0.466. The Hall–Kier alpha value is 0.0743. The van der Waals surface area contributed by atoms with Crippen LogP contribution in [0.5, 0.6) is 0 Å². The minimum Gasteiger partial charge on any atom is -0.400 e. The average Bonchev–Trinajstić information content (AvgIpc) is 2.79. The Bertz CT molecular complexity index is 213. The van der Waals surface area contributed by atoms with Crippen LogP contribution in [0.1, 0.15) is 32.6 Å². The van der Waals surface area contributed by atoms with Gasteiger partial charge < -0.3 is 15.3 Å². The van der Waals surface area contributed by atoms with Crippen molar-refractivity contribution in [3.63, 3.8) is 0 Å². The van der Waals surface area contributed by atoms with Crippen molar-refractivity contribution < 1.29 is 37.0 Å². The van der Waals surface area contributed by atoms with Gasteiger partial charge in [-0.3, -0.25) is 6.08 Å². The molecule has 17 heavy (non-hydrogen) atoms. The Morgan fingerprint density at radius 3 is 1.94 bits per heavy atom. The first-order chi connectivity index (χ1) is 7.88. The zero-order chi connectivity index (χ0) is 13.0. The molecule has 2 aliphatic rings. The van der Waals surface area contributed by atoms with Gasteiger partial charge in [0.2, 0.25) is 0 Å². The van der Waals surface area contributed by atoms with Gasteiger partial charge in [0.05, 0.1) is 0 Å². The van der Waals surface area contributed by atoms with E-state index < -0.39 is 0 Å². The first-order valence-corrected chi connectivity index (χ1v) is 5.53. The Labute approximate surface area is 120 Å². The van der Waals surface area contributed by atoms with Gasteiger partial charge in [-0.25, -0.2) is 6.08 Å². The molecule has 0 saturated carbocycles. The zero-order valence-corrected chi connectivity index (χ0v) is 12.9. The van der Waals surface area contributed by atoms with Gasteiger partial charge in [0.15, 0.2) is 0 Å². The second-order valence-electron chi connectivity index (χ2n) is 3.29. The largest absolute Gasteiger partial charge is 0.400 e. The third-order valence-electron chi connectivity index (χ3n) is 2.58. The second kappa shape index (κ2) is 16.1. The van der Waals surface area contributed by atoms with Crippen molar-refractivity contribution in [3.05, 3.63) is 23.3 Å². The summed E-state index contributed by atoms with van der Waals surface area (Å²) in [4.78, 5) is 0. The maximum atomic E-state index is 7.00. The molecule has 0 fully saturated rings. The molecule has 4 heteroatoms. The monoisotopic (exact) mass is 277 g/mol. The molecule has 0 aromatic heterocycles. The average molecular weight is 277 g/mol. The van der Waals surface area contributed by atoms with Crippen LogP contribution in [-0.4, -0.2) is 36.6 Å². The van der Waals surface area contributed by atoms with Gasteiger partial charge in [0.25, 0.3) is 0 Å². The fourth-order valence-electron chi connectivity index (χ4n) is 1.94. The predicted molar refractivity (Wildman–Crippen MR) is 66.9 cm³/mol. The molecule has 0 saturated heterocycles. The molecule has 0 aromatic rings.